The summed E-state index contributed by atoms with van der Waals surface area (Å²) in [5, 5.41) is 9.36. The van der Waals surface area contributed by atoms with Crippen LogP contribution in [0, 0.1) is 33.0 Å². The summed E-state index contributed by atoms with van der Waals surface area (Å²) in [5.41, 5.74) is -3.11. The predicted molar refractivity (Wildman–Crippen MR) is 221 cm³/mol. The fraction of sp³-hybridized carbons (Fsp3) is 0.837. The molecule has 14 nitrogen and oxygen atoms in total. The van der Waals surface area contributed by atoms with Gasteiger partial charge in [0.1, 0.15) is 23.7 Å². The highest BCUT2D eigenvalue weighted by molar-refractivity contribution is 7.81. The monoisotopic (exact) mass is 827 g/mol. The van der Waals surface area contributed by atoms with Crippen molar-refractivity contribution in [3.8, 4) is 0 Å². The minimum atomic E-state index is -1.73. The number of carbonyl (C=O) groups is 5. The van der Waals surface area contributed by atoms with Gasteiger partial charge in [0.15, 0.2) is 11.2 Å². The van der Waals surface area contributed by atoms with Crippen molar-refractivity contribution in [2.24, 2.45) is 33.0 Å². The summed E-state index contributed by atoms with van der Waals surface area (Å²) < 4.78 is 23.3. The van der Waals surface area contributed by atoms with Crippen molar-refractivity contribution < 1.29 is 32.9 Å². The molecule has 0 radical (unpaired) electrons. The molecule has 0 aromatic heterocycles. The normalized spacial score (nSPS) is 33.8. The number of carbonyl (C=O) groups excluding carboxylic acids is 5. The molecule has 0 bridgehead atoms. The Balaban J connectivity index is 1.18. The zero-order chi connectivity index (χ0) is 42.1. The topological polar surface area (TPSA) is 169 Å². The van der Waals surface area contributed by atoms with Gasteiger partial charge < -0.3 is 25.6 Å². The third kappa shape index (κ3) is 7.04. The zero-order valence-corrected chi connectivity index (χ0v) is 36.8. The van der Waals surface area contributed by atoms with E-state index >= 15 is 4.79 Å². The molecule has 4 heterocycles. The fourth-order valence-electron chi connectivity index (χ4n) is 12.0. The highest BCUT2D eigenvalue weighted by Crippen LogP contribution is 2.88. The minimum Gasteiger partial charge on any atom is -0.381 e. The van der Waals surface area contributed by atoms with Crippen LogP contribution in [0.15, 0.2) is 12.7 Å². The lowest BCUT2D eigenvalue weighted by Crippen LogP contribution is -2.64. The van der Waals surface area contributed by atoms with Gasteiger partial charge in [-0.15, -0.1) is 6.58 Å². The molecule has 7 fully saturated rings. The quantitative estimate of drug-likeness (QED) is 0.206. The summed E-state index contributed by atoms with van der Waals surface area (Å²) in [6.07, 6.45) is 10.1. The van der Waals surface area contributed by atoms with Gasteiger partial charge in [0.2, 0.25) is 23.6 Å². The molecule has 3 aliphatic carbocycles. The summed E-state index contributed by atoms with van der Waals surface area (Å²) in [4.78, 5) is 76.5. The van der Waals surface area contributed by atoms with E-state index in [2.05, 4.69) is 46.0 Å². The molecule has 8 atom stereocenters. The maximum absolute atomic E-state index is 15.5. The van der Waals surface area contributed by atoms with Crippen LogP contribution in [0.25, 0.3) is 0 Å². The molecule has 0 aromatic carbocycles. The van der Waals surface area contributed by atoms with Gasteiger partial charge >= 0.3 is 0 Å². The Morgan fingerprint density at radius 2 is 1.55 bits per heavy atom. The Morgan fingerprint density at radius 3 is 2.10 bits per heavy atom. The maximum atomic E-state index is 15.5. The summed E-state index contributed by atoms with van der Waals surface area (Å²) in [6.45, 7) is 22.3. The Bertz CT molecular complexity index is 1700. The molecule has 4 aliphatic heterocycles. The largest absolute Gasteiger partial charge is 0.381 e. The zero-order valence-electron chi connectivity index (χ0n) is 36.0. The predicted octanol–water partition coefficient (Wildman–Crippen LogP) is 2.95. The number of amides is 5. The molecular formula is C43H69N7O7S. The lowest BCUT2D eigenvalue weighted by atomic mass is 9.73. The van der Waals surface area contributed by atoms with Crippen LogP contribution in [0.1, 0.15) is 119 Å². The van der Waals surface area contributed by atoms with Crippen molar-refractivity contribution in [3.63, 3.8) is 0 Å². The van der Waals surface area contributed by atoms with Crippen LogP contribution in [0.5, 0.6) is 0 Å². The number of nitrogens with one attached hydrogen (secondary N) is 4. The van der Waals surface area contributed by atoms with E-state index in [1.165, 1.54) is 0 Å². The van der Waals surface area contributed by atoms with Crippen molar-refractivity contribution >= 4 is 40.7 Å². The third-order valence-corrected chi connectivity index (χ3v) is 17.5. The van der Waals surface area contributed by atoms with E-state index in [9.17, 15) is 23.4 Å². The SMILES string of the molecule is C=CC1CC1(NC(=O)C1CC2(CN1C(=O)C(NC(=O)C(NC(=O)C1CCCN1CC)C(C)(C)C)C1(C)CCOCC1)C(C)(C)C21CCC1)C(=O)NS(=O)N1CCCC1. The highest BCUT2D eigenvalue weighted by atomic mass is 32.2. The molecule has 324 valence electrons. The summed E-state index contributed by atoms with van der Waals surface area (Å²) >= 11 is -1.73. The van der Waals surface area contributed by atoms with E-state index in [0.29, 0.717) is 58.5 Å². The first-order chi connectivity index (χ1) is 27.3. The Morgan fingerprint density at radius 1 is 0.879 bits per heavy atom. The van der Waals surface area contributed by atoms with Crippen LogP contribution < -0.4 is 20.7 Å². The number of hydrogen-bond acceptors (Lipinski definition) is 8. The number of fused-ring (bicyclic) bond motifs is 1. The van der Waals surface area contributed by atoms with Crippen molar-refractivity contribution in [2.75, 3.05) is 45.9 Å². The van der Waals surface area contributed by atoms with Crippen LogP contribution in [0.3, 0.4) is 0 Å². The van der Waals surface area contributed by atoms with Gasteiger partial charge in [-0.05, 0) is 93.5 Å². The summed E-state index contributed by atoms with van der Waals surface area (Å²) in [7, 11) is 0. The first kappa shape index (κ1) is 43.2. The first-order valence-electron chi connectivity index (χ1n) is 22.0. The van der Waals surface area contributed by atoms with E-state index < -0.39 is 63.4 Å². The van der Waals surface area contributed by atoms with Crippen molar-refractivity contribution in [2.45, 2.75) is 149 Å². The summed E-state index contributed by atoms with van der Waals surface area (Å²) in [5.74, 6) is -2.24. The summed E-state index contributed by atoms with van der Waals surface area (Å²) in [6, 6.07) is -3.13. The van der Waals surface area contributed by atoms with Crippen LogP contribution >= 0.6 is 0 Å². The number of ether oxygens (including phenoxy) is 1. The molecule has 15 heteroatoms. The first-order valence-corrected chi connectivity index (χ1v) is 23.1. The van der Waals surface area contributed by atoms with E-state index in [1.54, 1.807) is 15.3 Å². The van der Waals surface area contributed by atoms with Crippen molar-refractivity contribution in [1.29, 1.82) is 0 Å². The molecule has 7 aliphatic rings. The Kier molecular flexibility index (Phi) is 11.6. The number of hydrogen-bond donors (Lipinski definition) is 4. The Hall–Kier alpha value is -2.88. The fourth-order valence-corrected chi connectivity index (χ4v) is 13.0. The molecule has 2 spiro atoms. The van der Waals surface area contributed by atoms with Crippen molar-refractivity contribution in [1.82, 2.24) is 34.8 Å². The molecule has 4 saturated heterocycles. The van der Waals surface area contributed by atoms with E-state index in [1.807, 2.05) is 34.6 Å². The average Bonchev–Trinajstić information content (AvgIpc) is 3.57. The van der Waals surface area contributed by atoms with Gasteiger partial charge in [0.25, 0.3) is 5.91 Å². The lowest BCUT2D eigenvalue weighted by Gasteiger charge is -2.43. The van der Waals surface area contributed by atoms with Gasteiger partial charge in [0.05, 0.1) is 6.04 Å². The second kappa shape index (κ2) is 15.5. The Labute approximate surface area is 347 Å². The van der Waals surface area contributed by atoms with Crippen molar-refractivity contribution in [3.05, 3.63) is 12.7 Å². The van der Waals surface area contributed by atoms with Gasteiger partial charge in [-0.2, -0.15) is 0 Å². The second-order valence-corrected chi connectivity index (χ2v) is 21.7. The smallest absolute Gasteiger partial charge is 0.259 e. The molecule has 58 heavy (non-hydrogen) atoms. The second-order valence-electron chi connectivity index (χ2n) is 20.5. The highest BCUT2D eigenvalue weighted by Gasteiger charge is 2.85. The van der Waals surface area contributed by atoms with Crippen LogP contribution in [0.2, 0.25) is 0 Å². The van der Waals surface area contributed by atoms with E-state index in [0.717, 1.165) is 58.0 Å². The molecule has 0 aromatic rings. The molecule has 7 rings (SSSR count). The minimum absolute atomic E-state index is 0.00797. The van der Waals surface area contributed by atoms with Gasteiger partial charge in [-0.1, -0.05) is 61.0 Å². The van der Waals surface area contributed by atoms with Gasteiger partial charge in [0, 0.05) is 49.6 Å². The number of likely N-dealkylation sites (tertiary alicyclic amines) is 2. The van der Waals surface area contributed by atoms with E-state index in [4.69, 9.17) is 4.74 Å². The lowest BCUT2D eigenvalue weighted by molar-refractivity contribution is -0.148. The average molecular weight is 828 g/mol. The molecule has 8 unspecified atom stereocenters. The van der Waals surface area contributed by atoms with Gasteiger partial charge in [-0.25, -0.2) is 8.51 Å². The molecule has 3 saturated carbocycles. The maximum Gasteiger partial charge on any atom is 0.259 e. The van der Waals surface area contributed by atoms with E-state index in [-0.39, 0.29) is 40.0 Å². The number of likely N-dealkylation sites (N-methyl/N-ethyl adjacent to an activating group) is 1. The number of nitrogens with zero attached hydrogens (tertiary/aromatic N) is 3. The standard InChI is InChI=1S/C43H69N7O7S/c1-9-28-25-43(28,37(55)47-58(56)49-21-11-12-22-49)46-34(52)30-26-42(39(6,7)41(42)16-14-17-41)27-50(30)36(54)32(40(8)18-23-57-24-19-40)45-35(53)31(38(3,4)5)44-33(51)29-15-13-20-48(29)10-2/h9,28-32H,1,10-27H2,2-8H3,(H,44,51)(H,45,53)(H,46,52)(H,47,55). The third-order valence-electron chi connectivity index (χ3n) is 16.3. The molecular weight excluding hydrogens is 759 g/mol. The van der Waals surface area contributed by atoms with Crippen LogP contribution in [-0.2, 0) is 39.9 Å². The number of rotatable bonds is 13. The molecule has 4 N–H and O–H groups in total. The molecule has 5 amide bonds. The van der Waals surface area contributed by atoms with Crippen LogP contribution in [0.4, 0.5) is 0 Å². The van der Waals surface area contributed by atoms with Crippen LogP contribution in [-0.4, -0.2) is 123 Å². The van der Waals surface area contributed by atoms with Gasteiger partial charge in [-0.3, -0.25) is 33.6 Å².